The summed E-state index contributed by atoms with van der Waals surface area (Å²) < 4.78 is 0. The van der Waals surface area contributed by atoms with Crippen LogP contribution in [0, 0.1) is 17.3 Å². The molecule has 4 aliphatic rings. The molecule has 2 nitrogen and oxygen atoms in total. The monoisotopic (exact) mass is 327 g/mol. The molecule has 24 heavy (non-hydrogen) atoms. The lowest BCUT2D eigenvalue weighted by atomic mass is 9.46. The van der Waals surface area contributed by atoms with Crippen LogP contribution in [0.4, 0.5) is 0 Å². The van der Waals surface area contributed by atoms with E-state index in [1.807, 2.05) is 0 Å². The van der Waals surface area contributed by atoms with Gasteiger partial charge in [-0.25, -0.2) is 0 Å². The van der Waals surface area contributed by atoms with Crippen LogP contribution >= 0.6 is 0 Å². The number of benzene rings is 1. The van der Waals surface area contributed by atoms with Gasteiger partial charge in [0.05, 0.1) is 5.60 Å². The molecule has 1 aromatic rings. The van der Waals surface area contributed by atoms with Crippen LogP contribution in [-0.2, 0) is 6.42 Å². The van der Waals surface area contributed by atoms with Gasteiger partial charge in [-0.05, 0) is 88.0 Å². The highest BCUT2D eigenvalue weighted by molar-refractivity contribution is 5.15. The van der Waals surface area contributed by atoms with E-state index >= 15 is 0 Å². The molecule has 132 valence electrons. The highest BCUT2D eigenvalue weighted by Crippen LogP contribution is 2.62. The summed E-state index contributed by atoms with van der Waals surface area (Å²) in [5.41, 5.74) is 1.44. The molecule has 0 unspecified atom stereocenters. The van der Waals surface area contributed by atoms with E-state index in [9.17, 15) is 5.11 Å². The van der Waals surface area contributed by atoms with Crippen LogP contribution < -0.4 is 5.32 Å². The van der Waals surface area contributed by atoms with E-state index in [4.69, 9.17) is 0 Å². The van der Waals surface area contributed by atoms with Crippen molar-refractivity contribution in [2.45, 2.75) is 82.9 Å². The standard InChI is InChI=1S/C22H33NO/c1-16(8-9-18-6-4-3-5-7-18)23-17(2)21-11-19-10-20(12-21)14-22(24,13-19)15-21/h3-7,16-17,19-20,23-24H,8-15H2,1-2H3/t16-,17-,19+,20+,21?,22?/m0/s1. The largest absolute Gasteiger partial charge is 0.390 e. The quantitative estimate of drug-likeness (QED) is 0.815. The van der Waals surface area contributed by atoms with Crippen molar-refractivity contribution in [2.75, 3.05) is 0 Å². The zero-order chi connectivity index (χ0) is 16.8. The van der Waals surface area contributed by atoms with Crippen molar-refractivity contribution in [3.8, 4) is 0 Å². The molecule has 4 bridgehead atoms. The highest BCUT2D eigenvalue weighted by Gasteiger charge is 2.58. The minimum Gasteiger partial charge on any atom is -0.390 e. The number of hydrogen-bond acceptors (Lipinski definition) is 2. The van der Waals surface area contributed by atoms with E-state index in [0.717, 1.165) is 37.5 Å². The van der Waals surface area contributed by atoms with Crippen LogP contribution in [0.25, 0.3) is 0 Å². The molecule has 2 heteroatoms. The van der Waals surface area contributed by atoms with E-state index in [1.54, 1.807) is 0 Å². The molecule has 5 rings (SSSR count). The van der Waals surface area contributed by atoms with Gasteiger partial charge in [0.1, 0.15) is 0 Å². The fraction of sp³-hybridized carbons (Fsp3) is 0.727. The molecule has 0 aliphatic heterocycles. The van der Waals surface area contributed by atoms with E-state index < -0.39 is 0 Å². The topological polar surface area (TPSA) is 32.3 Å². The van der Waals surface area contributed by atoms with Crippen molar-refractivity contribution in [1.29, 1.82) is 0 Å². The first kappa shape index (κ1) is 16.6. The van der Waals surface area contributed by atoms with E-state index in [-0.39, 0.29) is 5.60 Å². The second-order valence-corrected chi connectivity index (χ2v) is 9.36. The Bertz CT molecular complexity index is 555. The van der Waals surface area contributed by atoms with Gasteiger partial charge < -0.3 is 10.4 Å². The van der Waals surface area contributed by atoms with Gasteiger partial charge in [0.15, 0.2) is 0 Å². The summed E-state index contributed by atoms with van der Waals surface area (Å²) in [5.74, 6) is 1.56. The first-order valence-corrected chi connectivity index (χ1v) is 9.99. The molecule has 1 aromatic carbocycles. The molecule has 4 saturated carbocycles. The average Bonchev–Trinajstić information content (AvgIpc) is 2.51. The van der Waals surface area contributed by atoms with E-state index in [1.165, 1.54) is 31.2 Å². The van der Waals surface area contributed by atoms with E-state index in [0.29, 0.717) is 17.5 Å². The van der Waals surface area contributed by atoms with Crippen LogP contribution in [0.2, 0.25) is 0 Å². The molecule has 2 N–H and O–H groups in total. The highest BCUT2D eigenvalue weighted by atomic mass is 16.3. The molecule has 0 aromatic heterocycles. The van der Waals surface area contributed by atoms with Crippen molar-refractivity contribution in [1.82, 2.24) is 5.32 Å². The van der Waals surface area contributed by atoms with Gasteiger partial charge in [0.2, 0.25) is 0 Å². The Morgan fingerprint density at radius 2 is 1.75 bits per heavy atom. The zero-order valence-electron chi connectivity index (χ0n) is 15.3. The number of aryl methyl sites for hydroxylation is 1. The van der Waals surface area contributed by atoms with Gasteiger partial charge in [-0.2, -0.15) is 0 Å². The SMILES string of the molecule is C[C@H](N[C@@H](C)CCc1ccccc1)C12C[C@H]3C[C@@H](CC(O)(C3)C1)C2. The van der Waals surface area contributed by atoms with Crippen molar-refractivity contribution in [3.63, 3.8) is 0 Å². The predicted octanol–water partition coefficient (Wildman–Crippen LogP) is 4.32. The molecule has 0 amide bonds. The van der Waals surface area contributed by atoms with Crippen molar-refractivity contribution in [2.24, 2.45) is 17.3 Å². The molecular formula is C22H33NO. The fourth-order valence-electron chi connectivity index (χ4n) is 6.51. The Morgan fingerprint density at radius 1 is 1.08 bits per heavy atom. The molecule has 0 radical (unpaired) electrons. The van der Waals surface area contributed by atoms with Crippen LogP contribution in [0.1, 0.15) is 64.4 Å². The number of hydrogen-bond donors (Lipinski definition) is 2. The molecule has 4 aliphatic carbocycles. The van der Waals surface area contributed by atoms with Gasteiger partial charge in [-0.3, -0.25) is 0 Å². The lowest BCUT2D eigenvalue weighted by molar-refractivity contribution is -0.172. The van der Waals surface area contributed by atoms with Crippen molar-refractivity contribution < 1.29 is 5.11 Å². The third kappa shape index (κ3) is 3.15. The molecule has 4 fully saturated rings. The summed E-state index contributed by atoms with van der Waals surface area (Å²) in [6.45, 7) is 4.71. The first-order chi connectivity index (χ1) is 11.5. The number of nitrogens with one attached hydrogen (secondary N) is 1. The first-order valence-electron chi connectivity index (χ1n) is 9.99. The molecule has 0 saturated heterocycles. The number of aliphatic hydroxyl groups is 1. The molecule has 0 heterocycles. The van der Waals surface area contributed by atoms with Crippen LogP contribution in [-0.4, -0.2) is 22.8 Å². The summed E-state index contributed by atoms with van der Waals surface area (Å²) in [6.07, 6.45) is 9.55. The second kappa shape index (κ2) is 6.14. The van der Waals surface area contributed by atoms with Crippen molar-refractivity contribution >= 4 is 0 Å². The molecule has 0 spiro atoms. The summed E-state index contributed by atoms with van der Waals surface area (Å²) >= 11 is 0. The minimum absolute atomic E-state index is 0.340. The lowest BCUT2D eigenvalue weighted by Crippen LogP contribution is -2.61. The van der Waals surface area contributed by atoms with Crippen LogP contribution in [0.5, 0.6) is 0 Å². The summed E-state index contributed by atoms with van der Waals surface area (Å²) in [4.78, 5) is 0. The Kier molecular flexibility index (Phi) is 4.25. The Labute approximate surface area is 147 Å². The van der Waals surface area contributed by atoms with Crippen LogP contribution in [0.15, 0.2) is 30.3 Å². The van der Waals surface area contributed by atoms with Crippen molar-refractivity contribution in [3.05, 3.63) is 35.9 Å². The maximum Gasteiger partial charge on any atom is 0.0659 e. The Balaban J connectivity index is 1.36. The molecule has 4 atom stereocenters. The fourth-order valence-corrected chi connectivity index (χ4v) is 6.51. The van der Waals surface area contributed by atoms with Gasteiger partial charge in [-0.1, -0.05) is 30.3 Å². The minimum atomic E-state index is -0.340. The normalized spacial score (nSPS) is 39.8. The second-order valence-electron chi connectivity index (χ2n) is 9.36. The Morgan fingerprint density at radius 3 is 2.38 bits per heavy atom. The van der Waals surface area contributed by atoms with Gasteiger partial charge in [-0.15, -0.1) is 0 Å². The maximum atomic E-state index is 11.0. The van der Waals surface area contributed by atoms with Crippen LogP contribution in [0.3, 0.4) is 0 Å². The number of rotatable bonds is 6. The third-order valence-electron chi connectivity index (χ3n) is 7.24. The molecular weight excluding hydrogens is 294 g/mol. The Hall–Kier alpha value is -0.860. The third-order valence-corrected chi connectivity index (χ3v) is 7.24. The maximum absolute atomic E-state index is 11.0. The predicted molar refractivity (Wildman–Crippen MR) is 98.9 cm³/mol. The zero-order valence-corrected chi connectivity index (χ0v) is 15.3. The lowest BCUT2D eigenvalue weighted by Gasteiger charge is -2.62. The van der Waals surface area contributed by atoms with Gasteiger partial charge in [0, 0.05) is 12.1 Å². The van der Waals surface area contributed by atoms with E-state index in [2.05, 4.69) is 49.5 Å². The average molecular weight is 328 g/mol. The summed E-state index contributed by atoms with van der Waals surface area (Å²) in [7, 11) is 0. The van der Waals surface area contributed by atoms with Gasteiger partial charge >= 0.3 is 0 Å². The summed E-state index contributed by atoms with van der Waals surface area (Å²) in [6, 6.07) is 11.8. The smallest absolute Gasteiger partial charge is 0.0659 e. The van der Waals surface area contributed by atoms with Gasteiger partial charge in [0.25, 0.3) is 0 Å². The summed E-state index contributed by atoms with van der Waals surface area (Å²) in [5, 5.41) is 14.9.